The Morgan fingerprint density at radius 2 is 1.80 bits per heavy atom. The van der Waals surface area contributed by atoms with E-state index >= 15 is 0 Å². The van der Waals surface area contributed by atoms with Gasteiger partial charge in [0.05, 0.1) is 5.92 Å². The average molecular weight is 371 g/mol. The monoisotopic (exact) mass is 370 g/mol. The van der Waals surface area contributed by atoms with Gasteiger partial charge in [0.1, 0.15) is 5.54 Å². The van der Waals surface area contributed by atoms with Crippen molar-refractivity contribution in [3.63, 3.8) is 0 Å². The number of hydrogen-bond acceptors (Lipinski definition) is 4. The van der Waals surface area contributed by atoms with Crippen LogP contribution < -0.4 is 16.4 Å². The van der Waals surface area contributed by atoms with E-state index in [4.69, 9.17) is 5.73 Å². The van der Waals surface area contributed by atoms with Crippen molar-refractivity contribution in [1.29, 1.82) is 0 Å². The van der Waals surface area contributed by atoms with Crippen molar-refractivity contribution >= 4 is 30.3 Å². The third-order valence-corrected chi connectivity index (χ3v) is 6.96. The molecule has 4 N–H and O–H groups in total. The second-order valence-electron chi connectivity index (χ2n) is 8.15. The molecule has 4 rings (SSSR count). The summed E-state index contributed by atoms with van der Waals surface area (Å²) in [5.74, 6) is 0.989. The predicted molar refractivity (Wildman–Crippen MR) is 93.9 cm³/mol. The van der Waals surface area contributed by atoms with Crippen LogP contribution in [0.15, 0.2) is 0 Å². The summed E-state index contributed by atoms with van der Waals surface area (Å²) < 4.78 is 0. The normalized spacial score (nSPS) is 40.6. The molecule has 0 spiro atoms. The molecule has 4 amide bonds. The molecule has 7 nitrogen and oxygen atoms in total. The minimum Gasteiger partial charge on any atom is -0.342 e. The molecular weight excluding hydrogens is 344 g/mol. The molecule has 2 aliphatic carbocycles. The van der Waals surface area contributed by atoms with E-state index in [0.717, 1.165) is 25.7 Å². The SMILES string of the molecule is CC1(C2CCN(C(=O)C3C4CCC(C4)C3N)CC2)NC(=O)NC1=O.Cl. The molecule has 0 radical (unpaired) electrons. The molecule has 5 unspecified atom stereocenters. The number of likely N-dealkylation sites (tertiary alicyclic amines) is 1. The summed E-state index contributed by atoms with van der Waals surface area (Å²) in [7, 11) is 0. The molecule has 2 saturated heterocycles. The maximum absolute atomic E-state index is 12.9. The summed E-state index contributed by atoms with van der Waals surface area (Å²) in [5, 5.41) is 5.08. The first-order valence-electron chi connectivity index (χ1n) is 9.08. The highest BCUT2D eigenvalue weighted by molar-refractivity contribution is 6.07. The molecule has 0 aromatic rings. The zero-order valence-electron chi connectivity index (χ0n) is 14.5. The van der Waals surface area contributed by atoms with Gasteiger partial charge in [-0.2, -0.15) is 0 Å². The smallest absolute Gasteiger partial charge is 0.322 e. The number of carbonyl (C=O) groups is 3. The van der Waals surface area contributed by atoms with E-state index in [-0.39, 0.29) is 42.1 Å². The molecule has 2 bridgehead atoms. The molecule has 4 aliphatic rings. The van der Waals surface area contributed by atoms with Crippen molar-refractivity contribution in [3.8, 4) is 0 Å². The lowest BCUT2D eigenvalue weighted by Crippen LogP contribution is -2.55. The van der Waals surface area contributed by atoms with Gasteiger partial charge in [0.25, 0.3) is 5.91 Å². The van der Waals surface area contributed by atoms with Crippen LogP contribution in [-0.2, 0) is 9.59 Å². The summed E-state index contributed by atoms with van der Waals surface area (Å²) in [6.45, 7) is 3.06. The Labute approximate surface area is 153 Å². The number of fused-ring (bicyclic) bond motifs is 2. The third-order valence-electron chi connectivity index (χ3n) is 6.96. The fourth-order valence-electron chi connectivity index (χ4n) is 5.43. The van der Waals surface area contributed by atoms with Gasteiger partial charge in [-0.15, -0.1) is 12.4 Å². The number of piperidine rings is 1. The number of amides is 4. The van der Waals surface area contributed by atoms with E-state index in [1.54, 1.807) is 6.92 Å². The summed E-state index contributed by atoms with van der Waals surface area (Å²) in [6, 6.07) is -0.402. The standard InChI is InChI=1S/C17H26N4O3.ClH/c1-17(15(23)19-16(24)20-17)11-4-6-21(7-5-11)14(22)12-9-2-3-10(8-9)13(12)18;/h9-13H,2-8,18H2,1H3,(H2,19,20,23,24);1H. The highest BCUT2D eigenvalue weighted by Gasteiger charge is 2.52. The second-order valence-corrected chi connectivity index (χ2v) is 8.15. The Balaban J connectivity index is 0.00000182. The molecule has 2 saturated carbocycles. The van der Waals surface area contributed by atoms with E-state index in [2.05, 4.69) is 10.6 Å². The topological polar surface area (TPSA) is 105 Å². The first kappa shape index (κ1) is 18.5. The molecule has 0 aromatic carbocycles. The Kier molecular flexibility index (Phi) is 4.75. The Bertz CT molecular complexity index is 590. The molecule has 25 heavy (non-hydrogen) atoms. The number of halogens is 1. The van der Waals surface area contributed by atoms with E-state index in [1.165, 1.54) is 6.42 Å². The number of nitrogens with one attached hydrogen (secondary N) is 2. The maximum atomic E-state index is 12.9. The van der Waals surface area contributed by atoms with Crippen molar-refractivity contribution in [2.24, 2.45) is 29.4 Å². The molecule has 8 heteroatoms. The van der Waals surface area contributed by atoms with Gasteiger partial charge in [0.2, 0.25) is 5.91 Å². The summed E-state index contributed by atoms with van der Waals surface area (Å²) >= 11 is 0. The van der Waals surface area contributed by atoms with Crippen LogP contribution in [0.4, 0.5) is 4.79 Å². The van der Waals surface area contributed by atoms with Crippen molar-refractivity contribution < 1.29 is 14.4 Å². The number of hydrogen-bond donors (Lipinski definition) is 3. The van der Waals surface area contributed by atoms with Gasteiger partial charge in [-0.1, -0.05) is 0 Å². The van der Waals surface area contributed by atoms with Crippen molar-refractivity contribution in [1.82, 2.24) is 15.5 Å². The lowest BCUT2D eigenvalue weighted by atomic mass is 9.78. The fourth-order valence-corrected chi connectivity index (χ4v) is 5.43. The number of carbonyl (C=O) groups excluding carboxylic acids is 3. The Hall–Kier alpha value is -1.34. The first-order valence-corrected chi connectivity index (χ1v) is 9.08. The van der Waals surface area contributed by atoms with Crippen LogP contribution >= 0.6 is 12.4 Å². The Morgan fingerprint density at radius 1 is 1.16 bits per heavy atom. The van der Waals surface area contributed by atoms with E-state index in [1.807, 2.05) is 4.90 Å². The number of imide groups is 1. The van der Waals surface area contributed by atoms with Crippen LogP contribution in [0, 0.1) is 23.7 Å². The minimum absolute atomic E-state index is 0. The largest absolute Gasteiger partial charge is 0.342 e. The van der Waals surface area contributed by atoms with Gasteiger partial charge in [0, 0.05) is 19.1 Å². The fraction of sp³-hybridized carbons (Fsp3) is 0.824. The van der Waals surface area contributed by atoms with Crippen LogP contribution in [0.25, 0.3) is 0 Å². The number of nitrogens with zero attached hydrogens (tertiary/aromatic N) is 1. The van der Waals surface area contributed by atoms with Gasteiger partial charge in [-0.05, 0) is 56.8 Å². The van der Waals surface area contributed by atoms with E-state index in [9.17, 15) is 14.4 Å². The van der Waals surface area contributed by atoms with E-state index in [0.29, 0.717) is 24.9 Å². The molecule has 2 heterocycles. The molecule has 0 aromatic heterocycles. The zero-order chi connectivity index (χ0) is 17.1. The van der Waals surface area contributed by atoms with Gasteiger partial charge in [-0.25, -0.2) is 4.79 Å². The van der Waals surface area contributed by atoms with Crippen LogP contribution in [0.5, 0.6) is 0 Å². The van der Waals surface area contributed by atoms with Crippen molar-refractivity contribution in [2.75, 3.05) is 13.1 Å². The predicted octanol–water partition coefficient (Wildman–Crippen LogP) is 0.618. The molecule has 140 valence electrons. The van der Waals surface area contributed by atoms with Crippen LogP contribution in [0.1, 0.15) is 39.0 Å². The highest BCUT2D eigenvalue weighted by atomic mass is 35.5. The number of rotatable bonds is 2. The highest BCUT2D eigenvalue weighted by Crippen LogP contribution is 2.48. The van der Waals surface area contributed by atoms with Gasteiger partial charge < -0.3 is 16.0 Å². The van der Waals surface area contributed by atoms with E-state index < -0.39 is 11.6 Å². The summed E-state index contributed by atoms with van der Waals surface area (Å²) in [4.78, 5) is 38.4. The van der Waals surface area contributed by atoms with Gasteiger partial charge in [0.15, 0.2) is 0 Å². The number of urea groups is 1. The maximum Gasteiger partial charge on any atom is 0.322 e. The number of nitrogens with two attached hydrogens (primary N) is 1. The van der Waals surface area contributed by atoms with Gasteiger partial charge >= 0.3 is 6.03 Å². The first-order chi connectivity index (χ1) is 11.4. The third kappa shape index (κ3) is 2.81. The molecule has 5 atom stereocenters. The van der Waals surface area contributed by atoms with Gasteiger partial charge in [-0.3, -0.25) is 14.9 Å². The minimum atomic E-state index is -0.852. The Morgan fingerprint density at radius 3 is 2.32 bits per heavy atom. The van der Waals surface area contributed by atoms with Crippen LogP contribution in [0.2, 0.25) is 0 Å². The molecular formula is C17H27ClN4O3. The quantitative estimate of drug-likeness (QED) is 0.619. The zero-order valence-corrected chi connectivity index (χ0v) is 15.3. The second kappa shape index (κ2) is 6.43. The van der Waals surface area contributed by atoms with Crippen molar-refractivity contribution in [3.05, 3.63) is 0 Å². The molecule has 2 aliphatic heterocycles. The lowest BCUT2D eigenvalue weighted by molar-refractivity contribution is -0.139. The summed E-state index contributed by atoms with van der Waals surface area (Å²) in [6.07, 6.45) is 4.87. The summed E-state index contributed by atoms with van der Waals surface area (Å²) in [5.41, 5.74) is 5.45. The van der Waals surface area contributed by atoms with Crippen LogP contribution in [-0.4, -0.2) is 47.4 Å². The lowest BCUT2D eigenvalue weighted by Gasteiger charge is -2.40. The average Bonchev–Trinajstić information content (AvgIpc) is 3.21. The van der Waals surface area contributed by atoms with Crippen molar-refractivity contribution in [2.45, 2.75) is 50.6 Å². The van der Waals surface area contributed by atoms with Crippen LogP contribution in [0.3, 0.4) is 0 Å². The molecule has 4 fully saturated rings.